The number of carbonyl (C=O) groups excluding carboxylic acids is 2. The summed E-state index contributed by atoms with van der Waals surface area (Å²) < 4.78 is 5.87. The van der Waals surface area contributed by atoms with Crippen molar-refractivity contribution in [1.82, 2.24) is 19.9 Å². The SMILES string of the molecule is CC1(C)C(=O)N(c2nc3ccc(Oc4ccccc4)cc3[nH]2)C(=O)N1Cc1ccncc1. The zero-order valence-corrected chi connectivity index (χ0v) is 17.6. The van der Waals surface area contributed by atoms with Gasteiger partial charge in [-0.05, 0) is 55.8 Å². The molecule has 8 nitrogen and oxygen atoms in total. The van der Waals surface area contributed by atoms with Crippen LogP contribution in [0.5, 0.6) is 11.5 Å². The second kappa shape index (κ2) is 7.49. The zero-order valence-electron chi connectivity index (χ0n) is 17.6. The first-order chi connectivity index (χ1) is 15.4. The Bertz CT molecular complexity index is 1300. The standard InChI is InChI=1S/C24H21N5O3/c1-24(2)21(30)29(23(31)28(24)15-16-10-12-25-13-11-16)22-26-19-9-8-18(14-20(19)27-22)32-17-6-4-3-5-7-17/h3-14H,15H2,1-2H3,(H,26,27). The molecule has 0 atom stereocenters. The Hall–Kier alpha value is -4.20. The van der Waals surface area contributed by atoms with E-state index in [1.165, 1.54) is 0 Å². The number of nitrogens with one attached hydrogen (secondary N) is 1. The number of aromatic nitrogens is 3. The molecule has 1 N–H and O–H groups in total. The number of imidazole rings is 1. The van der Waals surface area contributed by atoms with E-state index in [2.05, 4.69) is 15.0 Å². The molecule has 3 heterocycles. The highest BCUT2D eigenvalue weighted by atomic mass is 16.5. The van der Waals surface area contributed by atoms with Crippen molar-refractivity contribution < 1.29 is 14.3 Å². The van der Waals surface area contributed by atoms with E-state index < -0.39 is 11.6 Å². The molecule has 0 aliphatic carbocycles. The zero-order chi connectivity index (χ0) is 22.3. The quantitative estimate of drug-likeness (QED) is 0.474. The fourth-order valence-electron chi connectivity index (χ4n) is 3.73. The number of imide groups is 1. The first-order valence-corrected chi connectivity index (χ1v) is 10.2. The predicted octanol–water partition coefficient (Wildman–Crippen LogP) is 4.50. The molecule has 0 unspecified atom stereocenters. The Morgan fingerprint density at radius 2 is 1.72 bits per heavy atom. The molecular weight excluding hydrogens is 406 g/mol. The van der Waals surface area contributed by atoms with Gasteiger partial charge in [0.1, 0.15) is 17.0 Å². The van der Waals surface area contributed by atoms with E-state index in [0.29, 0.717) is 29.1 Å². The van der Waals surface area contributed by atoms with Crippen molar-refractivity contribution in [3.63, 3.8) is 0 Å². The Balaban J connectivity index is 1.45. The number of amides is 3. The van der Waals surface area contributed by atoms with Gasteiger partial charge in [0, 0.05) is 25.0 Å². The summed E-state index contributed by atoms with van der Waals surface area (Å²) in [4.78, 5) is 40.7. The van der Waals surface area contributed by atoms with Crippen LogP contribution >= 0.6 is 0 Å². The number of nitrogens with zero attached hydrogens (tertiary/aromatic N) is 4. The molecule has 1 aliphatic rings. The summed E-state index contributed by atoms with van der Waals surface area (Å²) in [5, 5.41) is 0. The normalized spacial score (nSPS) is 15.6. The summed E-state index contributed by atoms with van der Waals surface area (Å²) in [6.45, 7) is 3.78. The van der Waals surface area contributed by atoms with E-state index in [1.807, 2.05) is 42.5 Å². The third kappa shape index (κ3) is 3.35. The summed E-state index contributed by atoms with van der Waals surface area (Å²) in [7, 11) is 0. The van der Waals surface area contributed by atoms with Gasteiger partial charge in [0.25, 0.3) is 5.91 Å². The highest BCUT2D eigenvalue weighted by Gasteiger charge is 2.52. The van der Waals surface area contributed by atoms with Gasteiger partial charge in [-0.15, -0.1) is 0 Å². The van der Waals surface area contributed by atoms with Gasteiger partial charge in [0.05, 0.1) is 11.0 Å². The average Bonchev–Trinajstić information content (AvgIpc) is 3.27. The summed E-state index contributed by atoms with van der Waals surface area (Å²) >= 11 is 0. The number of ether oxygens (including phenoxy) is 1. The second-order valence-corrected chi connectivity index (χ2v) is 8.08. The van der Waals surface area contributed by atoms with Gasteiger partial charge >= 0.3 is 6.03 Å². The van der Waals surface area contributed by atoms with Crippen molar-refractivity contribution in [2.45, 2.75) is 25.9 Å². The number of aromatic amines is 1. The molecule has 8 heteroatoms. The van der Waals surface area contributed by atoms with Gasteiger partial charge in [0.2, 0.25) is 5.95 Å². The Labute approximate surface area is 184 Å². The molecule has 0 saturated carbocycles. The van der Waals surface area contributed by atoms with Gasteiger partial charge < -0.3 is 14.6 Å². The lowest BCUT2D eigenvalue weighted by Crippen LogP contribution is -2.43. The number of anilines is 1. The fraction of sp³-hybridized carbons (Fsp3) is 0.167. The Morgan fingerprint density at radius 1 is 0.969 bits per heavy atom. The molecule has 3 amide bonds. The third-order valence-corrected chi connectivity index (χ3v) is 5.55. The smallest absolute Gasteiger partial charge is 0.335 e. The van der Waals surface area contributed by atoms with Crippen LogP contribution in [0, 0.1) is 0 Å². The van der Waals surface area contributed by atoms with E-state index in [9.17, 15) is 9.59 Å². The minimum absolute atomic E-state index is 0.192. The van der Waals surface area contributed by atoms with Crippen LogP contribution in [0.25, 0.3) is 11.0 Å². The molecule has 2 aromatic heterocycles. The van der Waals surface area contributed by atoms with Crippen LogP contribution in [-0.4, -0.2) is 37.3 Å². The lowest BCUT2D eigenvalue weighted by molar-refractivity contribution is -0.123. The molecule has 5 rings (SSSR count). The molecule has 32 heavy (non-hydrogen) atoms. The molecule has 0 spiro atoms. The lowest BCUT2D eigenvalue weighted by atomic mass is 10.0. The number of fused-ring (bicyclic) bond motifs is 1. The van der Waals surface area contributed by atoms with Gasteiger partial charge in [-0.1, -0.05) is 18.2 Å². The Kier molecular flexibility index (Phi) is 4.62. The number of H-pyrrole nitrogens is 1. The first-order valence-electron chi connectivity index (χ1n) is 10.2. The van der Waals surface area contributed by atoms with E-state index in [0.717, 1.165) is 10.5 Å². The fourth-order valence-corrected chi connectivity index (χ4v) is 3.73. The van der Waals surface area contributed by atoms with Crippen molar-refractivity contribution in [3.05, 3.63) is 78.6 Å². The average molecular weight is 427 g/mol. The van der Waals surface area contributed by atoms with Crippen LogP contribution in [0.1, 0.15) is 19.4 Å². The van der Waals surface area contributed by atoms with E-state index in [1.54, 1.807) is 49.3 Å². The molecule has 0 bridgehead atoms. The van der Waals surface area contributed by atoms with Crippen LogP contribution in [0.3, 0.4) is 0 Å². The van der Waals surface area contributed by atoms with Gasteiger partial charge in [-0.3, -0.25) is 9.78 Å². The number of para-hydroxylation sites is 1. The summed E-state index contributed by atoms with van der Waals surface area (Å²) in [6, 6.07) is 18.1. The molecule has 0 radical (unpaired) electrons. The number of hydrogen-bond acceptors (Lipinski definition) is 5. The summed E-state index contributed by atoms with van der Waals surface area (Å²) in [5.74, 6) is 1.19. The largest absolute Gasteiger partial charge is 0.457 e. The number of pyridine rings is 1. The van der Waals surface area contributed by atoms with Crippen LogP contribution in [0.2, 0.25) is 0 Å². The molecular formula is C24H21N5O3. The van der Waals surface area contributed by atoms with Crippen molar-refractivity contribution in [1.29, 1.82) is 0 Å². The summed E-state index contributed by atoms with van der Waals surface area (Å²) in [5.41, 5.74) is 1.18. The van der Waals surface area contributed by atoms with Crippen LogP contribution in [0.15, 0.2) is 73.1 Å². The predicted molar refractivity (Wildman–Crippen MR) is 119 cm³/mol. The number of rotatable bonds is 5. The van der Waals surface area contributed by atoms with Crippen molar-refractivity contribution >= 4 is 28.9 Å². The monoisotopic (exact) mass is 427 g/mol. The minimum atomic E-state index is -1.01. The van der Waals surface area contributed by atoms with E-state index in [-0.39, 0.29) is 11.9 Å². The number of carbonyl (C=O) groups is 2. The summed E-state index contributed by atoms with van der Waals surface area (Å²) in [6.07, 6.45) is 3.33. The second-order valence-electron chi connectivity index (χ2n) is 8.08. The van der Waals surface area contributed by atoms with Crippen LogP contribution < -0.4 is 9.64 Å². The number of benzene rings is 2. The Morgan fingerprint density at radius 3 is 2.47 bits per heavy atom. The topological polar surface area (TPSA) is 91.4 Å². The molecule has 160 valence electrons. The number of urea groups is 1. The molecule has 1 fully saturated rings. The maximum atomic E-state index is 13.3. The van der Waals surface area contributed by atoms with Gasteiger partial charge in [-0.2, -0.15) is 4.90 Å². The molecule has 1 saturated heterocycles. The van der Waals surface area contributed by atoms with Gasteiger partial charge in [0.15, 0.2) is 0 Å². The molecule has 2 aromatic carbocycles. The maximum Gasteiger partial charge on any atom is 0.335 e. The first kappa shape index (κ1) is 19.7. The molecule has 1 aliphatic heterocycles. The lowest BCUT2D eigenvalue weighted by Gasteiger charge is -2.27. The number of hydrogen-bond donors (Lipinski definition) is 1. The third-order valence-electron chi connectivity index (χ3n) is 5.55. The van der Waals surface area contributed by atoms with Crippen LogP contribution in [-0.2, 0) is 11.3 Å². The van der Waals surface area contributed by atoms with Crippen LogP contribution in [0.4, 0.5) is 10.7 Å². The van der Waals surface area contributed by atoms with E-state index in [4.69, 9.17) is 4.74 Å². The highest BCUT2D eigenvalue weighted by Crippen LogP contribution is 2.33. The maximum absolute atomic E-state index is 13.3. The van der Waals surface area contributed by atoms with Crippen molar-refractivity contribution in [2.24, 2.45) is 0 Å². The minimum Gasteiger partial charge on any atom is -0.457 e. The van der Waals surface area contributed by atoms with Gasteiger partial charge in [-0.25, -0.2) is 9.78 Å². The van der Waals surface area contributed by atoms with Crippen molar-refractivity contribution in [2.75, 3.05) is 4.90 Å². The van der Waals surface area contributed by atoms with E-state index >= 15 is 0 Å². The molecule has 4 aromatic rings. The highest BCUT2D eigenvalue weighted by molar-refractivity contribution is 6.22. The van der Waals surface area contributed by atoms with Crippen molar-refractivity contribution in [3.8, 4) is 11.5 Å².